The van der Waals surface area contributed by atoms with Gasteiger partial charge in [-0.2, -0.15) is 4.98 Å². The monoisotopic (exact) mass is 692 g/mol. The average Bonchev–Trinajstić information content (AvgIpc) is 2.96. The first-order valence-corrected chi connectivity index (χ1v) is 16.3. The molecule has 0 aliphatic carbocycles. The Morgan fingerprint density at radius 2 is 1.58 bits per heavy atom. The Labute approximate surface area is 279 Å². The number of rotatable bonds is 12. The van der Waals surface area contributed by atoms with Crippen LogP contribution in [0.1, 0.15) is 55.4 Å². The molecule has 1 amide bonds. The molecule has 262 valence electrons. The van der Waals surface area contributed by atoms with Crippen LogP contribution in [0, 0.1) is 5.82 Å². The van der Waals surface area contributed by atoms with Gasteiger partial charge >= 0.3 is 7.82 Å². The number of hydrogen-bond donors (Lipinski definition) is 2. The molecule has 0 radical (unpaired) electrons. The van der Waals surface area contributed by atoms with Crippen LogP contribution >= 0.6 is 7.82 Å². The fourth-order valence-electron chi connectivity index (χ4n) is 4.33. The number of nitrogens with one attached hydrogen (secondary N) is 2. The van der Waals surface area contributed by atoms with Gasteiger partial charge in [0.25, 0.3) is 5.91 Å². The van der Waals surface area contributed by atoms with Gasteiger partial charge in [0, 0.05) is 17.8 Å². The summed E-state index contributed by atoms with van der Waals surface area (Å²) in [4.78, 5) is 26.8. The molecule has 0 saturated carbocycles. The van der Waals surface area contributed by atoms with Gasteiger partial charge in [0.05, 0.1) is 38.7 Å². The minimum absolute atomic E-state index is 0.0397. The lowest BCUT2D eigenvalue weighted by Crippen LogP contribution is -2.46. The van der Waals surface area contributed by atoms with Crippen molar-refractivity contribution in [3.63, 3.8) is 0 Å². The number of benzene rings is 1. The number of nitrogens with zero attached hydrogens (tertiary/aromatic N) is 4. The number of fused-ring (bicyclic) bond motifs is 1. The van der Waals surface area contributed by atoms with Crippen molar-refractivity contribution in [3.05, 3.63) is 36.3 Å². The van der Waals surface area contributed by atoms with E-state index in [9.17, 15) is 9.36 Å². The largest absolute Gasteiger partial charge is 0.493 e. The number of hydrogen-bond acceptors (Lipinski definition) is 14. The molecule has 48 heavy (non-hydrogen) atoms. The first-order valence-electron chi connectivity index (χ1n) is 14.8. The number of phosphoric acid groups is 1. The van der Waals surface area contributed by atoms with E-state index < -0.39 is 43.1 Å². The van der Waals surface area contributed by atoms with Crippen LogP contribution in [0.3, 0.4) is 0 Å². The Morgan fingerprint density at radius 1 is 0.979 bits per heavy atom. The summed E-state index contributed by atoms with van der Waals surface area (Å²) in [6.45, 7) is 12.7. The van der Waals surface area contributed by atoms with Crippen molar-refractivity contribution < 1.29 is 46.3 Å². The van der Waals surface area contributed by atoms with E-state index >= 15 is 4.39 Å². The molecule has 3 heterocycles. The van der Waals surface area contributed by atoms with E-state index in [1.807, 2.05) is 0 Å². The van der Waals surface area contributed by atoms with Crippen LogP contribution in [0.2, 0.25) is 0 Å². The normalized spacial score (nSPS) is 14.4. The van der Waals surface area contributed by atoms with Gasteiger partial charge in [-0.15, -0.1) is 0 Å². The molecule has 1 aliphatic heterocycles. The van der Waals surface area contributed by atoms with E-state index in [1.54, 1.807) is 73.6 Å². The molecule has 2 aromatic heterocycles. The van der Waals surface area contributed by atoms with Gasteiger partial charge in [-0.05, 0) is 67.5 Å². The SMILES string of the molecule is COc1cc(Nc2ncc(F)c(N(COP(=O)(OC(C)(C)C)OC(C)(C)C)c3ccc4c(n3)NC(=O)C(C)(C)O4)n2)cc(OC)c1OC. The van der Waals surface area contributed by atoms with E-state index in [-0.39, 0.29) is 29.2 Å². The summed E-state index contributed by atoms with van der Waals surface area (Å²) in [7, 11) is 0.115. The second kappa shape index (κ2) is 13.7. The standard InChI is InChI=1S/C31H42FN6O9P/c1-29(2,3)46-48(40,47-30(4,5)6)44-17-38(23-13-12-20-25(35-23)36-27(39)31(7,8)45-20)26-19(32)16-33-28(37-26)34-18-14-21(41-9)24(43-11)22(15-18)42-10/h12-16H,17H2,1-11H3,(H,33,34,37)(H,35,36,39). The number of carbonyl (C=O) groups is 1. The van der Waals surface area contributed by atoms with Gasteiger partial charge in [0.2, 0.25) is 11.7 Å². The van der Waals surface area contributed by atoms with E-state index in [2.05, 4.69) is 25.6 Å². The van der Waals surface area contributed by atoms with Crippen LogP contribution in [0.5, 0.6) is 23.0 Å². The Hall–Kier alpha value is -4.24. The third kappa shape index (κ3) is 8.81. The fourth-order valence-corrected chi connectivity index (χ4v) is 6.08. The number of pyridine rings is 1. The summed E-state index contributed by atoms with van der Waals surface area (Å²) in [5.74, 6) is -0.184. The van der Waals surface area contributed by atoms with E-state index in [0.29, 0.717) is 22.9 Å². The molecule has 3 aromatic rings. The number of halogens is 1. The molecule has 0 spiro atoms. The molecule has 0 bridgehead atoms. The van der Waals surface area contributed by atoms with Crippen molar-refractivity contribution in [2.75, 3.05) is 43.6 Å². The second-order valence-corrected chi connectivity index (χ2v) is 14.5. The maximum Gasteiger partial charge on any atom is 0.477 e. The van der Waals surface area contributed by atoms with Crippen LogP contribution in [0.15, 0.2) is 30.5 Å². The zero-order valence-corrected chi connectivity index (χ0v) is 29.8. The summed E-state index contributed by atoms with van der Waals surface area (Å²) in [6, 6.07) is 6.29. The number of ether oxygens (including phenoxy) is 4. The molecule has 17 heteroatoms. The number of anilines is 5. The van der Waals surface area contributed by atoms with Crippen LogP contribution in [0.25, 0.3) is 0 Å². The van der Waals surface area contributed by atoms with Gasteiger partial charge in [-0.25, -0.2) is 18.9 Å². The van der Waals surface area contributed by atoms with E-state index in [0.717, 1.165) is 6.20 Å². The molecule has 15 nitrogen and oxygen atoms in total. The number of carbonyl (C=O) groups excluding carboxylic acids is 1. The predicted molar refractivity (Wildman–Crippen MR) is 176 cm³/mol. The lowest BCUT2D eigenvalue weighted by atomic mass is 10.1. The molecule has 4 rings (SSSR count). The summed E-state index contributed by atoms with van der Waals surface area (Å²) in [5, 5.41) is 5.71. The van der Waals surface area contributed by atoms with Gasteiger partial charge in [0.1, 0.15) is 12.5 Å². The van der Waals surface area contributed by atoms with Crippen LogP contribution in [-0.2, 0) is 22.9 Å². The molecule has 0 unspecified atom stereocenters. The van der Waals surface area contributed by atoms with E-state index in [4.69, 9.17) is 32.5 Å². The molecule has 1 aromatic carbocycles. The van der Waals surface area contributed by atoms with Gasteiger partial charge < -0.3 is 29.6 Å². The van der Waals surface area contributed by atoms with Crippen LogP contribution in [0.4, 0.5) is 33.5 Å². The highest BCUT2D eigenvalue weighted by atomic mass is 31.2. The van der Waals surface area contributed by atoms with Crippen molar-refractivity contribution in [2.45, 2.75) is 72.2 Å². The van der Waals surface area contributed by atoms with Gasteiger partial charge in [-0.1, -0.05) is 0 Å². The number of phosphoric ester groups is 1. The average molecular weight is 693 g/mol. The van der Waals surface area contributed by atoms with Crippen molar-refractivity contribution in [1.82, 2.24) is 15.0 Å². The van der Waals surface area contributed by atoms with Crippen molar-refractivity contribution in [3.8, 4) is 23.0 Å². The van der Waals surface area contributed by atoms with Crippen molar-refractivity contribution >= 4 is 42.8 Å². The Kier molecular flexibility index (Phi) is 10.4. The molecule has 0 fully saturated rings. The number of methoxy groups -OCH3 is 3. The summed E-state index contributed by atoms with van der Waals surface area (Å²) < 4.78 is 69.1. The van der Waals surface area contributed by atoms with E-state index in [1.165, 1.54) is 32.3 Å². The number of aromatic nitrogens is 3. The zero-order chi connectivity index (χ0) is 35.7. The molecular formula is C31H42FN6O9P. The van der Waals surface area contributed by atoms with Crippen molar-refractivity contribution in [1.29, 1.82) is 0 Å². The Bertz CT molecular complexity index is 1670. The third-order valence-corrected chi connectivity index (χ3v) is 8.26. The first kappa shape index (κ1) is 36.6. The van der Waals surface area contributed by atoms with Crippen molar-refractivity contribution in [2.24, 2.45) is 0 Å². The topological polar surface area (TPSA) is 165 Å². The smallest absolute Gasteiger partial charge is 0.477 e. The third-order valence-electron chi connectivity index (χ3n) is 6.28. The van der Waals surface area contributed by atoms with Gasteiger partial charge in [-0.3, -0.25) is 23.3 Å². The second-order valence-electron chi connectivity index (χ2n) is 13.0. The number of amides is 1. The lowest BCUT2D eigenvalue weighted by molar-refractivity contribution is -0.129. The lowest BCUT2D eigenvalue weighted by Gasteiger charge is -2.33. The predicted octanol–water partition coefficient (Wildman–Crippen LogP) is 6.74. The molecule has 0 atom stereocenters. The molecule has 0 saturated heterocycles. The van der Waals surface area contributed by atoms with Crippen LogP contribution in [-0.4, -0.2) is 65.7 Å². The highest BCUT2D eigenvalue weighted by Crippen LogP contribution is 2.56. The fraction of sp³-hybridized carbons (Fsp3) is 0.484. The first-order chi connectivity index (χ1) is 22.3. The maximum atomic E-state index is 15.7. The molecular weight excluding hydrogens is 650 g/mol. The minimum Gasteiger partial charge on any atom is -0.493 e. The quantitative estimate of drug-likeness (QED) is 0.151. The van der Waals surface area contributed by atoms with Gasteiger partial charge in [0.15, 0.2) is 40.3 Å². The maximum absolute atomic E-state index is 15.7. The highest BCUT2D eigenvalue weighted by Gasteiger charge is 2.39. The summed E-state index contributed by atoms with van der Waals surface area (Å²) in [6.07, 6.45) is 0.943. The van der Waals surface area contributed by atoms with Crippen LogP contribution < -0.4 is 34.5 Å². The molecule has 2 N–H and O–H groups in total. The molecule has 1 aliphatic rings. The zero-order valence-electron chi connectivity index (χ0n) is 28.9. The summed E-state index contributed by atoms with van der Waals surface area (Å²) >= 11 is 0. The highest BCUT2D eigenvalue weighted by molar-refractivity contribution is 7.48. The summed E-state index contributed by atoms with van der Waals surface area (Å²) in [5.41, 5.74) is -2.60. The Morgan fingerprint density at radius 3 is 2.12 bits per heavy atom. The minimum atomic E-state index is -4.30. The Balaban J connectivity index is 1.79.